The van der Waals surface area contributed by atoms with E-state index in [-0.39, 0.29) is 5.54 Å². The van der Waals surface area contributed by atoms with Gasteiger partial charge in [-0.05, 0) is 31.1 Å². The Morgan fingerprint density at radius 1 is 1.19 bits per heavy atom. The second-order valence-electron chi connectivity index (χ2n) is 6.15. The molecule has 3 nitrogen and oxygen atoms in total. The highest BCUT2D eigenvalue weighted by Gasteiger charge is 2.43. The van der Waals surface area contributed by atoms with Gasteiger partial charge in [0, 0.05) is 18.7 Å². The first-order valence-corrected chi connectivity index (χ1v) is 6.39. The smallest absolute Gasteiger partial charge is 0.0926 e. The predicted octanol–water partition coefficient (Wildman–Crippen LogP) is 2.35. The lowest BCUT2D eigenvalue weighted by molar-refractivity contribution is 0.125. The number of nitrogens with zero attached hydrogens (tertiary/aromatic N) is 1. The molecule has 1 aromatic rings. The lowest BCUT2D eigenvalue weighted by Gasteiger charge is -2.45. The van der Waals surface area contributed by atoms with Crippen LogP contribution in [0.3, 0.4) is 0 Å². The van der Waals surface area contributed by atoms with Gasteiger partial charge < -0.3 is 10.3 Å². The molecule has 2 N–H and O–H groups in total. The average Bonchev–Trinajstić information content (AvgIpc) is 2.72. The van der Waals surface area contributed by atoms with E-state index in [9.17, 15) is 0 Å². The summed E-state index contributed by atoms with van der Waals surface area (Å²) in [6, 6.07) is 0. The van der Waals surface area contributed by atoms with Crippen LogP contribution in [0, 0.1) is 5.41 Å². The Kier molecular flexibility index (Phi) is 2.15. The third-order valence-corrected chi connectivity index (χ3v) is 4.47. The maximum Gasteiger partial charge on any atom is 0.0926 e. The molecule has 0 unspecified atom stereocenters. The fourth-order valence-corrected chi connectivity index (χ4v) is 3.20. The van der Waals surface area contributed by atoms with E-state index in [0.29, 0.717) is 5.41 Å². The molecule has 3 rings (SSSR count). The van der Waals surface area contributed by atoms with E-state index in [4.69, 9.17) is 0 Å². The number of imidazole rings is 1. The Labute approximate surface area is 97.0 Å². The maximum atomic E-state index is 4.56. The third kappa shape index (κ3) is 1.49. The Hall–Kier alpha value is -0.830. The lowest BCUT2D eigenvalue weighted by Crippen LogP contribution is -2.50. The summed E-state index contributed by atoms with van der Waals surface area (Å²) >= 11 is 0. The number of hydrogen-bond acceptors (Lipinski definition) is 2. The summed E-state index contributed by atoms with van der Waals surface area (Å²) in [5.74, 6) is 0. The van der Waals surface area contributed by atoms with Crippen molar-refractivity contribution in [2.75, 3.05) is 6.54 Å². The fraction of sp³-hybridized carbons (Fsp3) is 0.769. The predicted molar refractivity (Wildman–Crippen MR) is 64.2 cm³/mol. The molecule has 1 fully saturated rings. The first kappa shape index (κ1) is 10.3. The number of hydrogen-bond donors (Lipinski definition) is 2. The standard InChI is InChI=1S/C13H21N3/c1-12(2)4-6-13(7-5-12)11-10(3-8-16-13)14-9-15-11/h9,16H,3-8H2,1-2H3,(H,14,15). The molecule has 1 aliphatic heterocycles. The summed E-state index contributed by atoms with van der Waals surface area (Å²) in [6.45, 7) is 5.86. The van der Waals surface area contributed by atoms with Crippen LogP contribution >= 0.6 is 0 Å². The molecule has 0 amide bonds. The molecule has 0 bridgehead atoms. The molecule has 1 aliphatic carbocycles. The van der Waals surface area contributed by atoms with Crippen molar-refractivity contribution in [1.29, 1.82) is 0 Å². The number of aromatic amines is 1. The SMILES string of the molecule is CC1(C)CCC2(CC1)NCCc1[nH]cnc12. The number of H-pyrrole nitrogens is 1. The summed E-state index contributed by atoms with van der Waals surface area (Å²) in [4.78, 5) is 7.86. The second kappa shape index (κ2) is 3.33. The Morgan fingerprint density at radius 2 is 1.94 bits per heavy atom. The lowest BCUT2D eigenvalue weighted by atomic mass is 9.67. The van der Waals surface area contributed by atoms with Gasteiger partial charge >= 0.3 is 0 Å². The highest BCUT2D eigenvalue weighted by Crippen LogP contribution is 2.46. The maximum absolute atomic E-state index is 4.56. The van der Waals surface area contributed by atoms with Crippen molar-refractivity contribution in [2.24, 2.45) is 5.41 Å². The van der Waals surface area contributed by atoms with Crippen LogP contribution in [-0.2, 0) is 12.0 Å². The van der Waals surface area contributed by atoms with E-state index in [1.165, 1.54) is 37.1 Å². The van der Waals surface area contributed by atoms with Crippen molar-refractivity contribution in [2.45, 2.75) is 51.5 Å². The second-order valence-corrected chi connectivity index (χ2v) is 6.15. The number of fused-ring (bicyclic) bond motifs is 2. The van der Waals surface area contributed by atoms with Crippen molar-refractivity contribution in [1.82, 2.24) is 15.3 Å². The number of nitrogens with one attached hydrogen (secondary N) is 2. The quantitative estimate of drug-likeness (QED) is 0.703. The van der Waals surface area contributed by atoms with Crippen molar-refractivity contribution in [3.63, 3.8) is 0 Å². The fourth-order valence-electron chi connectivity index (χ4n) is 3.20. The van der Waals surface area contributed by atoms with Gasteiger partial charge in [0.15, 0.2) is 0 Å². The molecule has 2 heterocycles. The van der Waals surface area contributed by atoms with E-state index >= 15 is 0 Å². The van der Waals surface area contributed by atoms with Crippen LogP contribution in [-0.4, -0.2) is 16.5 Å². The molecule has 0 atom stereocenters. The number of rotatable bonds is 0. The summed E-state index contributed by atoms with van der Waals surface area (Å²) in [5.41, 5.74) is 3.36. The Balaban J connectivity index is 1.92. The van der Waals surface area contributed by atoms with Crippen LogP contribution < -0.4 is 5.32 Å². The van der Waals surface area contributed by atoms with Crippen molar-refractivity contribution in [3.8, 4) is 0 Å². The minimum Gasteiger partial charge on any atom is -0.348 e. The van der Waals surface area contributed by atoms with Gasteiger partial charge in [0.05, 0.1) is 17.6 Å². The minimum absolute atomic E-state index is 0.184. The van der Waals surface area contributed by atoms with Gasteiger partial charge in [-0.2, -0.15) is 0 Å². The zero-order valence-electron chi connectivity index (χ0n) is 10.3. The van der Waals surface area contributed by atoms with Gasteiger partial charge in [0.2, 0.25) is 0 Å². The summed E-state index contributed by atoms with van der Waals surface area (Å²) < 4.78 is 0. The molecule has 0 saturated heterocycles. The van der Waals surface area contributed by atoms with E-state index in [0.717, 1.165) is 13.0 Å². The average molecular weight is 219 g/mol. The zero-order chi connectivity index (χ0) is 11.2. The Morgan fingerprint density at radius 3 is 2.69 bits per heavy atom. The van der Waals surface area contributed by atoms with E-state index in [1.807, 2.05) is 6.33 Å². The molecule has 16 heavy (non-hydrogen) atoms. The molecule has 88 valence electrons. The van der Waals surface area contributed by atoms with Crippen LogP contribution in [0.25, 0.3) is 0 Å². The molecule has 2 aliphatic rings. The molecular formula is C13H21N3. The Bertz CT molecular complexity index is 382. The minimum atomic E-state index is 0.184. The summed E-state index contributed by atoms with van der Waals surface area (Å²) in [7, 11) is 0. The third-order valence-electron chi connectivity index (χ3n) is 4.47. The van der Waals surface area contributed by atoms with E-state index < -0.39 is 0 Å². The largest absolute Gasteiger partial charge is 0.348 e. The zero-order valence-corrected chi connectivity index (χ0v) is 10.3. The van der Waals surface area contributed by atoms with Gasteiger partial charge in [-0.1, -0.05) is 13.8 Å². The topological polar surface area (TPSA) is 40.7 Å². The van der Waals surface area contributed by atoms with Gasteiger partial charge in [-0.15, -0.1) is 0 Å². The van der Waals surface area contributed by atoms with E-state index in [2.05, 4.69) is 29.1 Å². The molecular weight excluding hydrogens is 198 g/mol. The molecule has 1 aromatic heterocycles. The first-order chi connectivity index (χ1) is 7.61. The van der Waals surface area contributed by atoms with Crippen molar-refractivity contribution < 1.29 is 0 Å². The van der Waals surface area contributed by atoms with Crippen LogP contribution in [0.1, 0.15) is 50.9 Å². The highest BCUT2D eigenvalue weighted by atomic mass is 15.1. The van der Waals surface area contributed by atoms with Crippen molar-refractivity contribution in [3.05, 3.63) is 17.7 Å². The van der Waals surface area contributed by atoms with Crippen LogP contribution in [0.4, 0.5) is 0 Å². The number of aromatic nitrogens is 2. The molecule has 1 spiro atoms. The van der Waals surface area contributed by atoms with E-state index in [1.54, 1.807) is 0 Å². The van der Waals surface area contributed by atoms with Gasteiger partial charge in [0.1, 0.15) is 0 Å². The summed E-state index contributed by atoms with van der Waals surface area (Å²) in [6.07, 6.45) is 8.02. The molecule has 0 aromatic carbocycles. The summed E-state index contributed by atoms with van der Waals surface area (Å²) in [5, 5.41) is 3.73. The van der Waals surface area contributed by atoms with Gasteiger partial charge in [0.25, 0.3) is 0 Å². The highest BCUT2D eigenvalue weighted by molar-refractivity contribution is 5.26. The van der Waals surface area contributed by atoms with Crippen molar-refractivity contribution >= 4 is 0 Å². The first-order valence-electron chi connectivity index (χ1n) is 6.39. The molecule has 3 heteroatoms. The molecule has 0 radical (unpaired) electrons. The monoisotopic (exact) mass is 219 g/mol. The molecule has 1 saturated carbocycles. The van der Waals surface area contributed by atoms with Crippen LogP contribution in [0.5, 0.6) is 0 Å². The van der Waals surface area contributed by atoms with Gasteiger partial charge in [-0.25, -0.2) is 4.98 Å². The van der Waals surface area contributed by atoms with Crippen LogP contribution in [0.15, 0.2) is 6.33 Å². The van der Waals surface area contributed by atoms with Crippen LogP contribution in [0.2, 0.25) is 0 Å². The van der Waals surface area contributed by atoms with Gasteiger partial charge in [-0.3, -0.25) is 0 Å². The normalized spacial score (nSPS) is 26.6.